The Balaban J connectivity index is 1.34. The van der Waals surface area contributed by atoms with Crippen molar-refractivity contribution in [3.05, 3.63) is 0 Å². The highest BCUT2D eigenvalue weighted by atomic mass is 16.8. The Hall–Kier alpha value is -2.47. The van der Waals surface area contributed by atoms with E-state index in [0.29, 0.717) is 0 Å². The summed E-state index contributed by atoms with van der Waals surface area (Å²) in [5.74, 6) is -1.98. The van der Waals surface area contributed by atoms with E-state index in [9.17, 15) is 80.8 Å². The second-order valence-electron chi connectivity index (χ2n) is 16.5. The lowest BCUT2D eigenvalue weighted by molar-refractivity contribution is -0.372. The van der Waals surface area contributed by atoms with E-state index in [0.717, 1.165) is 13.8 Å². The highest BCUT2D eigenvalue weighted by Crippen LogP contribution is 2.34. The normalized spacial score (nSPS) is 47.1. The van der Waals surface area contributed by atoms with Gasteiger partial charge in [0.05, 0.1) is 45.2 Å². The van der Waals surface area contributed by atoms with Crippen LogP contribution in [0.15, 0.2) is 0 Å². The molecular formula is C37H63N3O25. The fourth-order valence-electron chi connectivity index (χ4n) is 8.37. The molecule has 0 aromatic rings. The van der Waals surface area contributed by atoms with Crippen LogP contribution < -0.4 is 16.0 Å². The van der Waals surface area contributed by atoms with Crippen molar-refractivity contribution >= 4 is 17.7 Å². The predicted molar refractivity (Wildman–Crippen MR) is 205 cm³/mol. The number of amides is 3. The molecule has 5 rings (SSSR count). The van der Waals surface area contributed by atoms with Gasteiger partial charge in [0.15, 0.2) is 25.2 Å². The van der Waals surface area contributed by atoms with Gasteiger partial charge in [-0.3, -0.25) is 14.4 Å². The van der Waals surface area contributed by atoms with Crippen molar-refractivity contribution in [2.45, 2.75) is 181 Å². The maximum absolute atomic E-state index is 12.4. The van der Waals surface area contributed by atoms with E-state index >= 15 is 0 Å². The van der Waals surface area contributed by atoms with Crippen molar-refractivity contribution in [1.29, 1.82) is 0 Å². The van der Waals surface area contributed by atoms with Crippen LogP contribution in [-0.2, 0) is 57.0 Å². The van der Waals surface area contributed by atoms with Gasteiger partial charge in [0.1, 0.15) is 116 Å². The van der Waals surface area contributed by atoms with E-state index in [1.807, 2.05) is 0 Å². The molecule has 0 saturated carbocycles. The Morgan fingerprint density at radius 1 is 0.415 bits per heavy atom. The van der Waals surface area contributed by atoms with E-state index in [1.54, 1.807) is 0 Å². The third kappa shape index (κ3) is 12.0. The molecule has 11 unspecified atom stereocenters. The first-order valence-electron chi connectivity index (χ1n) is 20.9. The molecule has 5 aliphatic heterocycles. The molecule has 376 valence electrons. The Labute approximate surface area is 370 Å². The topological polar surface area (TPSA) is 433 Å². The molecular weight excluding hydrogens is 886 g/mol. The van der Waals surface area contributed by atoms with Crippen LogP contribution in [0.1, 0.15) is 27.7 Å². The number of nitrogens with one attached hydrogen (secondary N) is 3. The summed E-state index contributed by atoms with van der Waals surface area (Å²) in [4.78, 5) is 36.3. The van der Waals surface area contributed by atoms with Crippen molar-refractivity contribution in [1.82, 2.24) is 16.0 Å². The quantitative estimate of drug-likeness (QED) is 0.0683. The molecule has 65 heavy (non-hydrogen) atoms. The molecule has 5 fully saturated rings. The molecule has 28 nitrogen and oxygen atoms in total. The van der Waals surface area contributed by atoms with Gasteiger partial charge >= 0.3 is 0 Å². The van der Waals surface area contributed by atoms with Gasteiger partial charge in [-0.15, -0.1) is 0 Å². The lowest BCUT2D eigenvalue weighted by atomic mass is 9.92. The molecule has 0 aromatic carbocycles. The molecule has 16 N–H and O–H groups in total. The third-order valence-electron chi connectivity index (χ3n) is 11.8. The zero-order chi connectivity index (χ0) is 48.2. The molecule has 5 aliphatic rings. The highest BCUT2D eigenvalue weighted by molar-refractivity contribution is 5.74. The van der Waals surface area contributed by atoms with Crippen molar-refractivity contribution < 1.29 is 123 Å². The van der Waals surface area contributed by atoms with Crippen LogP contribution in [0.25, 0.3) is 0 Å². The van der Waals surface area contributed by atoms with Crippen LogP contribution in [0.3, 0.4) is 0 Å². The number of hydrogen-bond acceptors (Lipinski definition) is 25. The summed E-state index contributed by atoms with van der Waals surface area (Å²) in [7, 11) is 0. The Morgan fingerprint density at radius 3 is 1.32 bits per heavy atom. The van der Waals surface area contributed by atoms with Crippen molar-refractivity contribution in [2.24, 2.45) is 0 Å². The first-order valence-corrected chi connectivity index (χ1v) is 20.9. The van der Waals surface area contributed by atoms with Crippen LogP contribution in [0.4, 0.5) is 0 Å². The SMILES string of the molecule is CC(=O)NC1C(OC2[C@@H](OCC3O[C@@H](O[C@@H]4C(CO)O[C@@H](O[C@@H]5C(CO)O[C@@H](C)C(NC(C)=O)[C@H]5O)C(NC(C)=O)[C@H]4O)C(O)[C@@H](O)[C@@H]3O)OC(CO)[C@@H](O)[C@@H]2O)O[C@@H](CO)[C@@H](O)C1O. The van der Waals surface area contributed by atoms with Crippen molar-refractivity contribution in [2.75, 3.05) is 33.0 Å². The second kappa shape index (κ2) is 23.2. The summed E-state index contributed by atoms with van der Waals surface area (Å²) in [6, 6.07) is -4.17. The van der Waals surface area contributed by atoms with Crippen LogP contribution in [0.5, 0.6) is 0 Å². The average Bonchev–Trinajstić information content (AvgIpc) is 3.26. The molecule has 0 spiro atoms. The van der Waals surface area contributed by atoms with Gasteiger partial charge in [0.25, 0.3) is 0 Å². The molecule has 0 aliphatic carbocycles. The molecule has 3 amide bonds. The van der Waals surface area contributed by atoms with Crippen molar-refractivity contribution in [3.8, 4) is 0 Å². The Morgan fingerprint density at radius 2 is 0.800 bits per heavy atom. The lowest BCUT2D eigenvalue weighted by Crippen LogP contribution is -2.70. The Bertz CT molecular complexity index is 1560. The molecule has 0 bridgehead atoms. The van der Waals surface area contributed by atoms with E-state index in [2.05, 4.69) is 16.0 Å². The van der Waals surface area contributed by atoms with Gasteiger partial charge in [0, 0.05) is 20.8 Å². The van der Waals surface area contributed by atoms with Crippen LogP contribution >= 0.6 is 0 Å². The Kier molecular flexibility index (Phi) is 19.1. The van der Waals surface area contributed by atoms with E-state index in [1.165, 1.54) is 13.8 Å². The molecule has 0 radical (unpaired) electrons. The predicted octanol–water partition coefficient (Wildman–Crippen LogP) is -10.4. The van der Waals surface area contributed by atoms with Crippen LogP contribution in [0.2, 0.25) is 0 Å². The zero-order valence-corrected chi connectivity index (χ0v) is 35.7. The number of rotatable bonds is 16. The minimum atomic E-state index is -2.08. The average molecular weight is 950 g/mol. The zero-order valence-electron chi connectivity index (χ0n) is 35.7. The number of aliphatic hydroxyl groups excluding tert-OH is 13. The number of carbonyl (C=O) groups excluding carboxylic acids is 3. The smallest absolute Gasteiger partial charge is 0.217 e. The number of ether oxygens (including phenoxy) is 9. The highest BCUT2D eigenvalue weighted by Gasteiger charge is 2.56. The van der Waals surface area contributed by atoms with Crippen LogP contribution in [-0.4, -0.2) is 270 Å². The summed E-state index contributed by atoms with van der Waals surface area (Å²) in [5, 5.41) is 146. The maximum atomic E-state index is 12.4. The van der Waals surface area contributed by atoms with Crippen LogP contribution in [0, 0.1) is 0 Å². The first kappa shape index (κ1) is 53.5. The van der Waals surface area contributed by atoms with Gasteiger partial charge < -0.3 is 125 Å². The fourth-order valence-corrected chi connectivity index (χ4v) is 8.37. The lowest BCUT2D eigenvalue weighted by Gasteiger charge is -2.49. The maximum Gasteiger partial charge on any atom is 0.217 e. The fraction of sp³-hybridized carbons (Fsp3) is 0.919. The molecule has 5 heterocycles. The molecule has 5 saturated heterocycles. The van der Waals surface area contributed by atoms with Gasteiger partial charge in [-0.05, 0) is 6.92 Å². The van der Waals surface area contributed by atoms with E-state index in [-0.39, 0.29) is 0 Å². The summed E-state index contributed by atoms with van der Waals surface area (Å²) in [6.07, 6.45) is -37.5. The van der Waals surface area contributed by atoms with E-state index in [4.69, 9.17) is 42.6 Å². The van der Waals surface area contributed by atoms with Crippen molar-refractivity contribution in [3.63, 3.8) is 0 Å². The monoisotopic (exact) mass is 949 g/mol. The van der Waals surface area contributed by atoms with Gasteiger partial charge in [-0.1, -0.05) is 0 Å². The minimum Gasteiger partial charge on any atom is -0.394 e. The summed E-state index contributed by atoms with van der Waals surface area (Å²) in [6.45, 7) is 0.717. The number of aliphatic hydroxyl groups is 13. The van der Waals surface area contributed by atoms with Gasteiger partial charge in [0.2, 0.25) is 17.7 Å². The first-order chi connectivity index (χ1) is 30.7. The molecule has 28 heteroatoms. The molecule has 0 aromatic heterocycles. The number of hydrogen-bond donors (Lipinski definition) is 16. The minimum absolute atomic E-state index is 0.524. The molecule has 25 atom stereocenters. The summed E-state index contributed by atoms with van der Waals surface area (Å²) >= 11 is 0. The largest absolute Gasteiger partial charge is 0.394 e. The number of carbonyl (C=O) groups is 3. The second-order valence-corrected chi connectivity index (χ2v) is 16.5. The summed E-state index contributed by atoms with van der Waals surface area (Å²) < 4.78 is 52.2. The summed E-state index contributed by atoms with van der Waals surface area (Å²) in [5.41, 5.74) is 0. The third-order valence-corrected chi connectivity index (χ3v) is 11.8. The standard InChI is InChI=1S/C37H63N3O25/c1-10-19(38-11(2)45)26(52)31(16(7-43)58-10)63-35-21(40-13(4)47)27(53)32(17(8-44)61-35)64-36-30(56)28(54)24(50)18(62-36)9-57-37-33(29(55)23(49)15(6-42)60-37)65-34-20(39-12(3)46)25(51)22(48)14(5-41)59-34/h10,14-37,41-44,48-56H,5-9H2,1-4H3,(H,38,45)(H,39,46)(H,40,47)/t10-,14-,15?,16?,17?,18?,19?,20?,21?,22+,23+,24+,25?,26+,27+,28-,29-,30?,31+,32+,33?,34?,35-,36-,37-/m0/s1. The van der Waals surface area contributed by atoms with Gasteiger partial charge in [-0.25, -0.2) is 0 Å². The van der Waals surface area contributed by atoms with E-state index < -0.39 is 204 Å². The van der Waals surface area contributed by atoms with Gasteiger partial charge in [-0.2, -0.15) is 0 Å².